The van der Waals surface area contributed by atoms with Gasteiger partial charge < -0.3 is 14.2 Å². The molecule has 1 aliphatic rings. The van der Waals surface area contributed by atoms with Crippen molar-refractivity contribution in [1.82, 2.24) is 4.90 Å². The molecule has 1 saturated heterocycles. The van der Waals surface area contributed by atoms with E-state index in [1.165, 1.54) is 5.56 Å². The van der Waals surface area contributed by atoms with Gasteiger partial charge in [0.2, 0.25) is 0 Å². The van der Waals surface area contributed by atoms with Crippen LogP contribution in [-0.2, 0) is 16.8 Å². The van der Waals surface area contributed by atoms with Crippen molar-refractivity contribution < 1.29 is 23.8 Å². The van der Waals surface area contributed by atoms with Crippen LogP contribution in [0, 0.1) is 0 Å². The van der Waals surface area contributed by atoms with E-state index in [1.807, 2.05) is 12.1 Å². The number of imide groups is 1. The van der Waals surface area contributed by atoms with Crippen LogP contribution in [0.1, 0.15) is 37.5 Å². The number of carbonyl (C=O) groups is 2. The van der Waals surface area contributed by atoms with Gasteiger partial charge in [-0.3, -0.25) is 14.5 Å². The zero-order valence-electron chi connectivity index (χ0n) is 22.1. The maximum Gasteiger partial charge on any atom is 0.293 e. The lowest BCUT2D eigenvalue weighted by Gasteiger charge is -2.19. The van der Waals surface area contributed by atoms with Crippen molar-refractivity contribution in [1.29, 1.82) is 0 Å². The zero-order valence-corrected chi connectivity index (χ0v) is 24.5. The number of hydrogen-bond donors (Lipinski definition) is 0. The highest BCUT2D eigenvalue weighted by Crippen LogP contribution is 2.37. The van der Waals surface area contributed by atoms with E-state index >= 15 is 0 Å². The smallest absolute Gasteiger partial charge is 0.293 e. The molecule has 39 heavy (non-hydrogen) atoms. The lowest BCUT2D eigenvalue weighted by atomic mass is 9.87. The number of halogens is 2. The van der Waals surface area contributed by atoms with Crippen LogP contribution in [0.15, 0.2) is 65.6 Å². The molecule has 204 valence electrons. The Morgan fingerprint density at radius 3 is 2.21 bits per heavy atom. The Labute approximate surface area is 242 Å². The summed E-state index contributed by atoms with van der Waals surface area (Å²) in [5.74, 6) is 1.41. The highest BCUT2D eigenvalue weighted by atomic mass is 35.5. The molecule has 0 bridgehead atoms. The summed E-state index contributed by atoms with van der Waals surface area (Å²) in [5.41, 5.74) is 2.55. The van der Waals surface area contributed by atoms with Crippen molar-refractivity contribution in [2.24, 2.45) is 0 Å². The van der Waals surface area contributed by atoms with Crippen molar-refractivity contribution in [2.75, 3.05) is 20.3 Å². The molecule has 0 unspecified atom stereocenters. The Balaban J connectivity index is 1.37. The van der Waals surface area contributed by atoms with Gasteiger partial charge in [0.25, 0.3) is 11.1 Å². The van der Waals surface area contributed by atoms with Crippen LogP contribution < -0.4 is 14.2 Å². The summed E-state index contributed by atoms with van der Waals surface area (Å²) in [6.07, 6.45) is 1.65. The van der Waals surface area contributed by atoms with E-state index in [1.54, 1.807) is 49.6 Å². The lowest BCUT2D eigenvalue weighted by Crippen LogP contribution is -2.27. The zero-order chi connectivity index (χ0) is 28.2. The van der Waals surface area contributed by atoms with Gasteiger partial charge in [-0.05, 0) is 70.8 Å². The number of rotatable bonds is 9. The Morgan fingerprint density at radius 2 is 1.56 bits per heavy atom. The van der Waals surface area contributed by atoms with Crippen molar-refractivity contribution in [3.63, 3.8) is 0 Å². The van der Waals surface area contributed by atoms with Crippen molar-refractivity contribution in [3.8, 4) is 17.2 Å². The van der Waals surface area contributed by atoms with Gasteiger partial charge in [0.15, 0.2) is 11.5 Å². The molecule has 3 aromatic carbocycles. The van der Waals surface area contributed by atoms with E-state index in [-0.39, 0.29) is 17.2 Å². The molecular weight excluding hydrogens is 557 g/mol. The number of methoxy groups -OCH3 is 1. The molecule has 2 amide bonds. The first kappa shape index (κ1) is 28.9. The fourth-order valence-electron chi connectivity index (χ4n) is 3.88. The van der Waals surface area contributed by atoms with E-state index < -0.39 is 5.91 Å². The van der Waals surface area contributed by atoms with Gasteiger partial charge in [0.05, 0.1) is 18.6 Å². The molecule has 0 spiro atoms. The fourth-order valence-corrected chi connectivity index (χ4v) is 5.24. The number of carbonyl (C=O) groups excluding carboxylic acids is 2. The van der Waals surface area contributed by atoms with Gasteiger partial charge in [-0.1, -0.05) is 68.2 Å². The van der Waals surface area contributed by atoms with Gasteiger partial charge in [0, 0.05) is 15.6 Å². The Hall–Kier alpha value is -3.13. The van der Waals surface area contributed by atoms with E-state index in [0.717, 1.165) is 22.4 Å². The highest BCUT2D eigenvalue weighted by molar-refractivity contribution is 8.18. The first-order valence-electron chi connectivity index (χ1n) is 12.3. The summed E-state index contributed by atoms with van der Waals surface area (Å²) in [6, 6.07) is 18.4. The fraction of sp³-hybridized carbons (Fsp3) is 0.267. The molecule has 9 heteroatoms. The third-order valence-electron chi connectivity index (χ3n) is 6.07. The number of nitrogens with zero attached hydrogens (tertiary/aromatic N) is 1. The predicted octanol–water partition coefficient (Wildman–Crippen LogP) is 7.99. The SMILES string of the molecule is COc1cc(/C=C2\SC(=O)N(Cc3c(Cl)cccc3Cl)C2=O)ccc1OCCOc1ccc(C(C)(C)C)cc1. The van der Waals surface area contributed by atoms with Gasteiger partial charge in [-0.15, -0.1) is 0 Å². The van der Waals surface area contributed by atoms with Crippen LogP contribution in [0.4, 0.5) is 4.79 Å². The second kappa shape index (κ2) is 12.4. The predicted molar refractivity (Wildman–Crippen MR) is 157 cm³/mol. The van der Waals surface area contributed by atoms with Gasteiger partial charge in [-0.25, -0.2) is 0 Å². The Kier molecular flexibility index (Phi) is 9.15. The quantitative estimate of drug-likeness (QED) is 0.187. The number of amides is 2. The Morgan fingerprint density at radius 1 is 0.897 bits per heavy atom. The van der Waals surface area contributed by atoms with Crippen LogP contribution in [0.2, 0.25) is 10.0 Å². The minimum Gasteiger partial charge on any atom is -0.493 e. The van der Waals surface area contributed by atoms with E-state index in [9.17, 15) is 9.59 Å². The number of benzene rings is 3. The van der Waals surface area contributed by atoms with Crippen LogP contribution in [0.3, 0.4) is 0 Å². The second-order valence-corrected chi connectivity index (χ2v) is 11.7. The average Bonchev–Trinajstić information content (AvgIpc) is 3.16. The highest BCUT2D eigenvalue weighted by Gasteiger charge is 2.35. The van der Waals surface area contributed by atoms with Crippen molar-refractivity contribution in [3.05, 3.63) is 92.3 Å². The maximum atomic E-state index is 13.0. The summed E-state index contributed by atoms with van der Waals surface area (Å²) in [6.45, 7) is 7.19. The first-order valence-corrected chi connectivity index (χ1v) is 13.9. The van der Waals surface area contributed by atoms with Crippen LogP contribution in [0.5, 0.6) is 17.2 Å². The molecule has 0 atom stereocenters. The van der Waals surface area contributed by atoms with E-state index in [2.05, 4.69) is 32.9 Å². The van der Waals surface area contributed by atoms with Crippen molar-refractivity contribution >= 4 is 52.2 Å². The first-order chi connectivity index (χ1) is 18.6. The second-order valence-electron chi connectivity index (χ2n) is 9.85. The summed E-state index contributed by atoms with van der Waals surface area (Å²) in [4.78, 5) is 27.0. The van der Waals surface area contributed by atoms with Gasteiger partial charge in [0.1, 0.15) is 19.0 Å². The molecule has 1 heterocycles. The largest absolute Gasteiger partial charge is 0.493 e. The Bertz CT molecular complexity index is 1380. The minimum atomic E-state index is -0.409. The molecular formula is C30H29Cl2NO5S. The van der Waals surface area contributed by atoms with Crippen molar-refractivity contribution in [2.45, 2.75) is 32.7 Å². The van der Waals surface area contributed by atoms with Crippen LogP contribution in [0.25, 0.3) is 6.08 Å². The minimum absolute atomic E-state index is 0.000579. The third-order valence-corrected chi connectivity index (χ3v) is 7.68. The normalized spacial score (nSPS) is 14.7. The number of thioether (sulfide) groups is 1. The molecule has 0 aromatic heterocycles. The molecule has 1 fully saturated rings. The molecule has 6 nitrogen and oxygen atoms in total. The monoisotopic (exact) mass is 585 g/mol. The molecule has 4 rings (SSSR count). The summed E-state index contributed by atoms with van der Waals surface area (Å²) in [5, 5.41) is 0.409. The van der Waals surface area contributed by atoms with E-state index in [4.69, 9.17) is 37.4 Å². The lowest BCUT2D eigenvalue weighted by molar-refractivity contribution is -0.123. The summed E-state index contributed by atoms with van der Waals surface area (Å²) in [7, 11) is 1.54. The summed E-state index contributed by atoms with van der Waals surface area (Å²) < 4.78 is 17.2. The molecule has 0 aliphatic carbocycles. The number of ether oxygens (including phenoxy) is 3. The van der Waals surface area contributed by atoms with Crippen LogP contribution in [-0.4, -0.2) is 36.4 Å². The standard InChI is InChI=1S/C30H29Cl2NO5S/c1-30(2,3)20-9-11-21(12-10-20)37-14-15-38-25-13-8-19(16-26(25)36-4)17-27-28(34)33(29(35)39-27)18-22-23(31)6-5-7-24(22)32/h5-13,16-17H,14-15,18H2,1-4H3/b27-17-. The molecule has 0 saturated carbocycles. The maximum absolute atomic E-state index is 13.0. The van der Waals surface area contributed by atoms with Gasteiger partial charge >= 0.3 is 0 Å². The average molecular weight is 587 g/mol. The van der Waals surface area contributed by atoms with Gasteiger partial charge in [-0.2, -0.15) is 0 Å². The topological polar surface area (TPSA) is 65.1 Å². The molecule has 3 aromatic rings. The molecule has 0 radical (unpaired) electrons. The third kappa shape index (κ3) is 7.10. The number of hydrogen-bond acceptors (Lipinski definition) is 6. The van der Waals surface area contributed by atoms with E-state index in [0.29, 0.717) is 50.8 Å². The van der Waals surface area contributed by atoms with Crippen LogP contribution >= 0.6 is 35.0 Å². The molecule has 1 aliphatic heterocycles. The summed E-state index contributed by atoms with van der Waals surface area (Å²) >= 11 is 13.3. The molecule has 0 N–H and O–H groups in total.